The lowest BCUT2D eigenvalue weighted by Crippen LogP contribution is -2.45. The fourth-order valence-electron chi connectivity index (χ4n) is 2.92. The first-order valence-electron chi connectivity index (χ1n) is 8.46. The number of benzene rings is 1. The standard InChI is InChI=1S/C18H24FN3O3/c1-4-21(11-16(23)20-12(2)3)18(25)13-9-17(24)22(10-13)15-8-6-5-7-14(15)19/h5-8,12-13H,4,9-11H2,1-3H3,(H,20,23). The van der Waals surface area contributed by atoms with E-state index in [1.807, 2.05) is 13.8 Å². The van der Waals surface area contributed by atoms with Gasteiger partial charge in [-0.1, -0.05) is 12.1 Å². The Morgan fingerprint density at radius 2 is 2.04 bits per heavy atom. The summed E-state index contributed by atoms with van der Waals surface area (Å²) in [7, 11) is 0. The zero-order valence-electron chi connectivity index (χ0n) is 14.8. The van der Waals surface area contributed by atoms with Crippen LogP contribution in [0.4, 0.5) is 10.1 Å². The molecule has 25 heavy (non-hydrogen) atoms. The molecule has 1 atom stereocenters. The van der Waals surface area contributed by atoms with Crippen LogP contribution >= 0.6 is 0 Å². The highest BCUT2D eigenvalue weighted by Gasteiger charge is 2.38. The summed E-state index contributed by atoms with van der Waals surface area (Å²) in [5.74, 6) is -1.84. The highest BCUT2D eigenvalue weighted by atomic mass is 19.1. The van der Waals surface area contributed by atoms with Gasteiger partial charge in [-0.3, -0.25) is 14.4 Å². The molecule has 7 heteroatoms. The van der Waals surface area contributed by atoms with Crippen LogP contribution < -0.4 is 10.2 Å². The molecule has 1 aliphatic heterocycles. The lowest BCUT2D eigenvalue weighted by Gasteiger charge is -2.24. The molecule has 136 valence electrons. The number of rotatable bonds is 6. The molecule has 1 aliphatic rings. The summed E-state index contributed by atoms with van der Waals surface area (Å²) in [6.07, 6.45) is 0.0233. The summed E-state index contributed by atoms with van der Waals surface area (Å²) < 4.78 is 13.9. The van der Waals surface area contributed by atoms with Crippen LogP contribution in [0.3, 0.4) is 0 Å². The Hall–Kier alpha value is -2.44. The molecule has 2 rings (SSSR count). The van der Waals surface area contributed by atoms with E-state index in [0.29, 0.717) is 6.54 Å². The second-order valence-electron chi connectivity index (χ2n) is 6.43. The highest BCUT2D eigenvalue weighted by molar-refractivity contribution is 6.00. The summed E-state index contributed by atoms with van der Waals surface area (Å²) >= 11 is 0. The number of nitrogens with one attached hydrogen (secondary N) is 1. The molecule has 1 heterocycles. The first kappa shape index (κ1) is 18.9. The summed E-state index contributed by atoms with van der Waals surface area (Å²) in [4.78, 5) is 39.5. The molecule has 1 fully saturated rings. The van der Waals surface area contributed by atoms with E-state index >= 15 is 0 Å². The van der Waals surface area contributed by atoms with Crippen LogP contribution in [0.1, 0.15) is 27.2 Å². The zero-order valence-corrected chi connectivity index (χ0v) is 14.8. The molecule has 1 aromatic rings. The molecule has 3 amide bonds. The van der Waals surface area contributed by atoms with Gasteiger partial charge < -0.3 is 15.1 Å². The van der Waals surface area contributed by atoms with E-state index in [4.69, 9.17) is 0 Å². The average Bonchev–Trinajstić information content (AvgIpc) is 2.93. The van der Waals surface area contributed by atoms with Crippen molar-refractivity contribution in [2.45, 2.75) is 33.2 Å². The normalized spacial score (nSPS) is 17.1. The van der Waals surface area contributed by atoms with E-state index < -0.39 is 11.7 Å². The molecule has 0 saturated carbocycles. The summed E-state index contributed by atoms with van der Waals surface area (Å²) in [5, 5.41) is 2.74. The van der Waals surface area contributed by atoms with E-state index in [2.05, 4.69) is 5.32 Å². The van der Waals surface area contributed by atoms with Crippen molar-refractivity contribution < 1.29 is 18.8 Å². The van der Waals surface area contributed by atoms with Crippen LogP contribution in [0.2, 0.25) is 0 Å². The third-order valence-corrected chi connectivity index (χ3v) is 4.10. The van der Waals surface area contributed by atoms with Crippen LogP contribution in [0.5, 0.6) is 0 Å². The maximum Gasteiger partial charge on any atom is 0.239 e. The molecule has 0 aromatic heterocycles. The fourth-order valence-corrected chi connectivity index (χ4v) is 2.92. The zero-order chi connectivity index (χ0) is 18.6. The highest BCUT2D eigenvalue weighted by Crippen LogP contribution is 2.28. The van der Waals surface area contributed by atoms with Gasteiger partial charge in [-0.25, -0.2) is 4.39 Å². The van der Waals surface area contributed by atoms with Crippen LogP contribution in [-0.2, 0) is 14.4 Å². The van der Waals surface area contributed by atoms with Gasteiger partial charge in [0.25, 0.3) is 0 Å². The van der Waals surface area contributed by atoms with Gasteiger partial charge in [-0.15, -0.1) is 0 Å². The molecule has 0 bridgehead atoms. The van der Waals surface area contributed by atoms with Gasteiger partial charge in [0, 0.05) is 25.6 Å². The average molecular weight is 349 g/mol. The number of hydrogen-bond acceptors (Lipinski definition) is 3. The summed E-state index contributed by atoms with van der Waals surface area (Å²) in [6, 6.07) is 6.00. The summed E-state index contributed by atoms with van der Waals surface area (Å²) in [6.45, 7) is 5.93. The van der Waals surface area contributed by atoms with Crippen LogP contribution in [-0.4, -0.2) is 48.3 Å². The molecule has 0 spiro atoms. The van der Waals surface area contributed by atoms with Crippen molar-refractivity contribution in [3.05, 3.63) is 30.1 Å². The second-order valence-corrected chi connectivity index (χ2v) is 6.43. The minimum absolute atomic E-state index is 0.00841. The Morgan fingerprint density at radius 1 is 1.36 bits per heavy atom. The van der Waals surface area contributed by atoms with Crippen molar-refractivity contribution in [2.75, 3.05) is 24.5 Å². The Balaban J connectivity index is 2.06. The van der Waals surface area contributed by atoms with Gasteiger partial charge in [0.15, 0.2) is 0 Å². The van der Waals surface area contributed by atoms with Crippen molar-refractivity contribution in [1.82, 2.24) is 10.2 Å². The van der Waals surface area contributed by atoms with Crippen LogP contribution in [0.15, 0.2) is 24.3 Å². The number of carbonyl (C=O) groups is 3. The van der Waals surface area contributed by atoms with E-state index in [-0.39, 0.29) is 49.0 Å². The first-order valence-corrected chi connectivity index (χ1v) is 8.46. The van der Waals surface area contributed by atoms with Crippen LogP contribution in [0.25, 0.3) is 0 Å². The van der Waals surface area contributed by atoms with Crippen molar-refractivity contribution >= 4 is 23.4 Å². The number of nitrogens with zero attached hydrogens (tertiary/aromatic N) is 2. The minimum atomic E-state index is -0.570. The Morgan fingerprint density at radius 3 is 2.64 bits per heavy atom. The molecule has 1 saturated heterocycles. The lowest BCUT2D eigenvalue weighted by molar-refractivity contribution is -0.139. The van der Waals surface area contributed by atoms with E-state index in [9.17, 15) is 18.8 Å². The first-order chi connectivity index (χ1) is 11.8. The number of para-hydroxylation sites is 1. The van der Waals surface area contributed by atoms with Gasteiger partial charge in [0.2, 0.25) is 17.7 Å². The predicted molar refractivity (Wildman–Crippen MR) is 92.4 cm³/mol. The fraction of sp³-hybridized carbons (Fsp3) is 0.500. The Labute approximate surface area is 147 Å². The van der Waals surface area contributed by atoms with Gasteiger partial charge in [-0.05, 0) is 32.9 Å². The largest absolute Gasteiger partial charge is 0.352 e. The smallest absolute Gasteiger partial charge is 0.239 e. The van der Waals surface area contributed by atoms with Gasteiger partial charge in [-0.2, -0.15) is 0 Å². The monoisotopic (exact) mass is 349 g/mol. The van der Waals surface area contributed by atoms with Crippen molar-refractivity contribution in [2.24, 2.45) is 5.92 Å². The number of likely N-dealkylation sites (N-methyl/N-ethyl adjacent to an activating group) is 1. The maximum atomic E-state index is 13.9. The third kappa shape index (κ3) is 4.55. The number of halogens is 1. The predicted octanol–water partition coefficient (Wildman–Crippen LogP) is 1.55. The topological polar surface area (TPSA) is 69.7 Å². The van der Waals surface area contributed by atoms with E-state index in [1.165, 1.54) is 21.9 Å². The van der Waals surface area contributed by atoms with Crippen molar-refractivity contribution in [3.63, 3.8) is 0 Å². The molecular formula is C18H24FN3O3. The number of carbonyl (C=O) groups excluding carboxylic acids is 3. The molecule has 0 aliphatic carbocycles. The van der Waals surface area contributed by atoms with Crippen molar-refractivity contribution in [1.29, 1.82) is 0 Å². The molecule has 1 aromatic carbocycles. The Bertz CT molecular complexity index is 663. The van der Waals surface area contributed by atoms with Gasteiger partial charge >= 0.3 is 0 Å². The molecular weight excluding hydrogens is 325 g/mol. The Kier molecular flexibility index (Phi) is 6.12. The quantitative estimate of drug-likeness (QED) is 0.847. The summed E-state index contributed by atoms with van der Waals surface area (Å²) in [5.41, 5.74) is 0.184. The molecule has 6 nitrogen and oxygen atoms in total. The number of hydrogen-bond donors (Lipinski definition) is 1. The third-order valence-electron chi connectivity index (χ3n) is 4.10. The van der Waals surface area contributed by atoms with Gasteiger partial charge in [0.1, 0.15) is 5.82 Å². The maximum absolute atomic E-state index is 13.9. The van der Waals surface area contributed by atoms with E-state index in [0.717, 1.165) is 0 Å². The van der Waals surface area contributed by atoms with Crippen molar-refractivity contribution in [3.8, 4) is 0 Å². The van der Waals surface area contributed by atoms with E-state index in [1.54, 1.807) is 19.1 Å². The number of anilines is 1. The lowest BCUT2D eigenvalue weighted by atomic mass is 10.1. The number of amides is 3. The van der Waals surface area contributed by atoms with Crippen LogP contribution in [0, 0.1) is 11.7 Å². The molecule has 1 unspecified atom stereocenters. The second kappa shape index (κ2) is 8.09. The van der Waals surface area contributed by atoms with Gasteiger partial charge in [0.05, 0.1) is 18.2 Å². The molecule has 0 radical (unpaired) electrons. The minimum Gasteiger partial charge on any atom is -0.352 e. The molecule has 1 N–H and O–H groups in total. The SMILES string of the molecule is CCN(CC(=O)NC(C)C)C(=O)C1CC(=O)N(c2ccccc2F)C1.